The number of anilines is 1. The van der Waals surface area contributed by atoms with E-state index in [4.69, 9.17) is 4.74 Å². The van der Waals surface area contributed by atoms with Crippen LogP contribution in [0.25, 0.3) is 0 Å². The van der Waals surface area contributed by atoms with Gasteiger partial charge in [-0.15, -0.1) is 0 Å². The third-order valence-electron chi connectivity index (χ3n) is 2.40. The van der Waals surface area contributed by atoms with Crippen molar-refractivity contribution in [1.29, 1.82) is 0 Å². The predicted molar refractivity (Wildman–Crippen MR) is 67.2 cm³/mol. The van der Waals surface area contributed by atoms with Crippen molar-refractivity contribution in [2.75, 3.05) is 39.2 Å². The maximum Gasteiger partial charge on any atom is 0.257 e. The van der Waals surface area contributed by atoms with Crippen LogP contribution < -0.4 is 5.32 Å². The summed E-state index contributed by atoms with van der Waals surface area (Å²) < 4.78 is 4.95. The lowest BCUT2D eigenvalue weighted by Gasteiger charge is -2.18. The summed E-state index contributed by atoms with van der Waals surface area (Å²) in [6.45, 7) is 3.85. The molecule has 1 heterocycles. The number of hydrogen-bond acceptors (Lipinski definition) is 4. The number of nitrogens with one attached hydrogen (secondary N) is 1. The maximum atomic E-state index is 12.1. The monoisotopic (exact) mass is 237 g/mol. The lowest BCUT2D eigenvalue weighted by Crippen LogP contribution is -2.30. The normalized spacial score (nSPS) is 10.1. The highest BCUT2D eigenvalue weighted by Gasteiger charge is 2.15. The molecule has 0 atom stereocenters. The second kappa shape index (κ2) is 6.85. The predicted octanol–water partition coefficient (Wildman–Crippen LogP) is 1.23. The highest BCUT2D eigenvalue weighted by atomic mass is 16.5. The lowest BCUT2D eigenvalue weighted by molar-refractivity contribution is 0.0745. The fraction of sp³-hybridized carbons (Fsp3) is 0.500. The third kappa shape index (κ3) is 3.71. The Morgan fingerprint density at radius 2 is 2.35 bits per heavy atom. The quantitative estimate of drug-likeness (QED) is 0.808. The minimum Gasteiger partial charge on any atom is -0.385 e. The molecule has 0 saturated heterocycles. The van der Waals surface area contributed by atoms with Crippen molar-refractivity contribution in [1.82, 2.24) is 9.88 Å². The van der Waals surface area contributed by atoms with Gasteiger partial charge in [0.15, 0.2) is 0 Å². The number of aromatic nitrogens is 1. The lowest BCUT2D eigenvalue weighted by atomic mass is 10.2. The van der Waals surface area contributed by atoms with Crippen LogP contribution in [-0.4, -0.2) is 49.6 Å². The van der Waals surface area contributed by atoms with Crippen LogP contribution in [0.5, 0.6) is 0 Å². The first-order chi connectivity index (χ1) is 8.20. The number of carbonyl (C=O) groups is 1. The average molecular weight is 237 g/mol. The Balaban J connectivity index is 2.80. The van der Waals surface area contributed by atoms with Crippen molar-refractivity contribution >= 4 is 11.6 Å². The van der Waals surface area contributed by atoms with Crippen molar-refractivity contribution < 1.29 is 9.53 Å². The molecule has 17 heavy (non-hydrogen) atoms. The second-order valence-corrected chi connectivity index (χ2v) is 3.67. The Morgan fingerprint density at radius 1 is 1.59 bits per heavy atom. The summed E-state index contributed by atoms with van der Waals surface area (Å²) in [4.78, 5) is 17.8. The molecule has 0 aliphatic rings. The van der Waals surface area contributed by atoms with E-state index in [9.17, 15) is 4.79 Å². The highest BCUT2D eigenvalue weighted by Crippen LogP contribution is 2.15. The SMILES string of the molecule is CCNc1ccncc1C(=O)N(C)CCOC. The standard InChI is InChI=1S/C12H19N3O2/c1-4-14-11-5-6-13-9-10(11)12(16)15(2)7-8-17-3/h5-6,9H,4,7-8H2,1-3H3,(H,13,14). The van der Waals surface area contributed by atoms with Crippen molar-refractivity contribution in [2.45, 2.75) is 6.92 Å². The summed E-state index contributed by atoms with van der Waals surface area (Å²) >= 11 is 0. The zero-order chi connectivity index (χ0) is 12.7. The summed E-state index contributed by atoms with van der Waals surface area (Å²) in [5.41, 5.74) is 1.41. The van der Waals surface area contributed by atoms with Crippen molar-refractivity contribution in [3.63, 3.8) is 0 Å². The number of carbonyl (C=O) groups excluding carboxylic acids is 1. The van der Waals surface area contributed by atoms with E-state index >= 15 is 0 Å². The molecule has 0 saturated carbocycles. The van der Waals surface area contributed by atoms with Gasteiger partial charge in [-0.25, -0.2) is 0 Å². The Hall–Kier alpha value is -1.62. The first-order valence-corrected chi connectivity index (χ1v) is 5.63. The fourth-order valence-electron chi connectivity index (χ4n) is 1.44. The number of pyridine rings is 1. The van der Waals surface area contributed by atoms with Gasteiger partial charge >= 0.3 is 0 Å². The van der Waals surface area contributed by atoms with Crippen LogP contribution in [0.15, 0.2) is 18.5 Å². The molecule has 94 valence electrons. The fourth-order valence-corrected chi connectivity index (χ4v) is 1.44. The van der Waals surface area contributed by atoms with Gasteiger partial charge in [0.05, 0.1) is 17.9 Å². The Kier molecular flexibility index (Phi) is 5.42. The van der Waals surface area contributed by atoms with E-state index in [0.717, 1.165) is 12.2 Å². The van der Waals surface area contributed by atoms with Gasteiger partial charge < -0.3 is 15.0 Å². The number of ether oxygens (including phenoxy) is 1. The van der Waals surface area contributed by atoms with Crippen molar-refractivity contribution in [3.05, 3.63) is 24.0 Å². The zero-order valence-electron chi connectivity index (χ0n) is 10.6. The summed E-state index contributed by atoms with van der Waals surface area (Å²) in [7, 11) is 3.37. The molecule has 5 heteroatoms. The van der Waals surface area contributed by atoms with Gasteiger partial charge in [-0.2, -0.15) is 0 Å². The molecule has 1 N–H and O–H groups in total. The maximum absolute atomic E-state index is 12.1. The minimum absolute atomic E-state index is 0.0499. The summed E-state index contributed by atoms with van der Waals surface area (Å²) in [6.07, 6.45) is 3.26. The zero-order valence-corrected chi connectivity index (χ0v) is 10.6. The Labute approximate surface area is 102 Å². The van der Waals surface area contributed by atoms with E-state index in [2.05, 4.69) is 10.3 Å². The molecule has 0 bridgehead atoms. The summed E-state index contributed by atoms with van der Waals surface area (Å²) in [6, 6.07) is 1.81. The largest absolute Gasteiger partial charge is 0.385 e. The summed E-state index contributed by atoms with van der Waals surface area (Å²) in [5, 5.41) is 3.15. The number of amides is 1. The van der Waals surface area contributed by atoms with Crippen LogP contribution in [0.4, 0.5) is 5.69 Å². The summed E-state index contributed by atoms with van der Waals surface area (Å²) in [5.74, 6) is -0.0499. The number of rotatable bonds is 6. The van der Waals surface area contributed by atoms with Gasteiger partial charge in [-0.05, 0) is 13.0 Å². The second-order valence-electron chi connectivity index (χ2n) is 3.67. The third-order valence-corrected chi connectivity index (χ3v) is 2.40. The highest BCUT2D eigenvalue weighted by molar-refractivity contribution is 5.99. The van der Waals surface area contributed by atoms with Crippen molar-refractivity contribution in [2.24, 2.45) is 0 Å². The van der Waals surface area contributed by atoms with Gasteiger partial charge in [-0.1, -0.05) is 0 Å². The molecule has 0 aliphatic carbocycles. The number of likely N-dealkylation sites (N-methyl/N-ethyl adjacent to an activating group) is 1. The van der Waals surface area contributed by atoms with Crippen LogP contribution in [-0.2, 0) is 4.74 Å². The van der Waals surface area contributed by atoms with E-state index in [0.29, 0.717) is 18.7 Å². The molecule has 0 radical (unpaired) electrons. The van der Waals surface area contributed by atoms with Crippen molar-refractivity contribution in [3.8, 4) is 0 Å². The van der Waals surface area contributed by atoms with Gasteiger partial charge in [0.2, 0.25) is 0 Å². The Bertz CT molecular complexity index is 369. The van der Waals surface area contributed by atoms with Gasteiger partial charge in [0, 0.05) is 39.6 Å². The molecule has 0 aromatic carbocycles. The molecule has 0 aliphatic heterocycles. The van der Waals surface area contributed by atoms with E-state index in [1.807, 2.05) is 6.92 Å². The molecule has 1 rings (SSSR count). The molecule has 0 unspecified atom stereocenters. The molecule has 1 aromatic rings. The van der Waals surface area contributed by atoms with Crippen LogP contribution in [0, 0.1) is 0 Å². The molecular formula is C12H19N3O2. The van der Waals surface area contributed by atoms with Crippen LogP contribution in [0.2, 0.25) is 0 Å². The minimum atomic E-state index is -0.0499. The van der Waals surface area contributed by atoms with E-state index in [-0.39, 0.29) is 5.91 Å². The van der Waals surface area contributed by atoms with E-state index in [1.54, 1.807) is 37.5 Å². The number of hydrogen-bond donors (Lipinski definition) is 1. The number of methoxy groups -OCH3 is 1. The molecule has 5 nitrogen and oxygen atoms in total. The molecule has 0 spiro atoms. The van der Waals surface area contributed by atoms with Crippen LogP contribution in [0.1, 0.15) is 17.3 Å². The van der Waals surface area contributed by atoms with Gasteiger partial charge in [0.1, 0.15) is 0 Å². The van der Waals surface area contributed by atoms with Crippen LogP contribution >= 0.6 is 0 Å². The van der Waals surface area contributed by atoms with Gasteiger partial charge in [0.25, 0.3) is 5.91 Å². The first kappa shape index (κ1) is 13.4. The average Bonchev–Trinajstić information content (AvgIpc) is 2.36. The number of nitrogens with zero attached hydrogens (tertiary/aromatic N) is 2. The van der Waals surface area contributed by atoms with Gasteiger partial charge in [-0.3, -0.25) is 9.78 Å². The molecule has 0 fully saturated rings. The van der Waals surface area contributed by atoms with E-state index < -0.39 is 0 Å². The topological polar surface area (TPSA) is 54.5 Å². The smallest absolute Gasteiger partial charge is 0.257 e. The van der Waals surface area contributed by atoms with E-state index in [1.165, 1.54) is 0 Å². The Morgan fingerprint density at radius 3 is 3.00 bits per heavy atom. The van der Waals surface area contributed by atoms with Crippen LogP contribution in [0.3, 0.4) is 0 Å². The first-order valence-electron chi connectivity index (χ1n) is 5.63. The molecule has 1 aromatic heterocycles. The molecular weight excluding hydrogens is 218 g/mol. The molecule has 1 amide bonds.